The van der Waals surface area contributed by atoms with E-state index in [1.54, 1.807) is 12.3 Å². The minimum Gasteiger partial charge on any atom is -0.449 e. The van der Waals surface area contributed by atoms with Gasteiger partial charge in [-0.05, 0) is 33.8 Å². The quantitative estimate of drug-likeness (QED) is 0.254. The van der Waals surface area contributed by atoms with Crippen molar-refractivity contribution in [3.63, 3.8) is 0 Å². The van der Waals surface area contributed by atoms with E-state index in [2.05, 4.69) is 51.8 Å². The Morgan fingerprint density at radius 3 is 2.22 bits per heavy atom. The molecule has 200 valence electrons. The van der Waals surface area contributed by atoms with Gasteiger partial charge in [-0.2, -0.15) is 0 Å². The third-order valence-corrected chi connectivity index (χ3v) is 14.0. The van der Waals surface area contributed by atoms with E-state index in [0.29, 0.717) is 43.9 Å². The zero-order valence-electron chi connectivity index (χ0n) is 22.2. The number of hydrogen-bond donors (Lipinski definition) is 2. The van der Waals surface area contributed by atoms with Crippen LogP contribution in [0.5, 0.6) is 0 Å². The number of amides is 2. The van der Waals surface area contributed by atoms with E-state index in [-0.39, 0.29) is 6.61 Å². The fourth-order valence-electron chi connectivity index (χ4n) is 5.24. The van der Waals surface area contributed by atoms with Crippen molar-refractivity contribution in [1.29, 1.82) is 0 Å². The van der Waals surface area contributed by atoms with Gasteiger partial charge in [-0.3, -0.25) is 9.78 Å². The number of nitrogens with zero attached hydrogens (tertiary/aromatic N) is 1. The molecule has 2 heterocycles. The van der Waals surface area contributed by atoms with E-state index in [4.69, 9.17) is 14.9 Å². The third-order valence-electron chi connectivity index (χ3n) is 6.93. The van der Waals surface area contributed by atoms with Gasteiger partial charge in [0, 0.05) is 11.6 Å². The molecule has 37 heavy (non-hydrogen) atoms. The lowest BCUT2D eigenvalue weighted by atomic mass is 9.98. The van der Waals surface area contributed by atoms with Gasteiger partial charge in [-0.1, -0.05) is 65.8 Å². The number of halogens is 1. The van der Waals surface area contributed by atoms with Crippen LogP contribution in [-0.4, -0.2) is 31.9 Å². The Balaban J connectivity index is 1.78. The molecule has 0 saturated heterocycles. The van der Waals surface area contributed by atoms with Crippen molar-refractivity contribution in [1.82, 2.24) is 4.98 Å². The summed E-state index contributed by atoms with van der Waals surface area (Å²) in [5.74, 6) is -1.65. The largest absolute Gasteiger partial charge is 0.449 e. The molecule has 7 nitrogen and oxygen atoms in total. The second-order valence-corrected chi connectivity index (χ2v) is 16.7. The van der Waals surface area contributed by atoms with Crippen LogP contribution in [0.3, 0.4) is 0 Å². The standard InChI is InChI=1S/C27H36FN3O4SSi/c1-16(2)37(17(3)4,18(5)6)35-14-19-7-9-20(10-8-19)22(15-34-27(29)33)26(32)31-25-11-21-23(28)12-30-13-24(21)36-25/h7-13,16-18,22H,14-15H2,1-6H3,(H2,29,33)(H,31,32). The maximum atomic E-state index is 14.0. The molecular weight excluding hydrogens is 509 g/mol. The lowest BCUT2D eigenvalue weighted by Gasteiger charge is -2.42. The molecular formula is C27H36FN3O4SSi. The molecule has 0 aliphatic rings. The summed E-state index contributed by atoms with van der Waals surface area (Å²) in [5, 5.41) is 3.67. The van der Waals surface area contributed by atoms with Crippen molar-refractivity contribution in [2.75, 3.05) is 11.9 Å². The number of nitrogens with one attached hydrogen (secondary N) is 1. The second kappa shape index (κ2) is 12.1. The highest BCUT2D eigenvalue weighted by molar-refractivity contribution is 7.22. The number of carbonyl (C=O) groups is 2. The smallest absolute Gasteiger partial charge is 0.404 e. The van der Waals surface area contributed by atoms with E-state index < -0.39 is 32.1 Å². The first-order valence-corrected chi connectivity index (χ1v) is 15.4. The zero-order valence-corrected chi connectivity index (χ0v) is 24.0. The molecule has 0 aliphatic carbocycles. The summed E-state index contributed by atoms with van der Waals surface area (Å²) in [5.41, 5.74) is 8.26. The van der Waals surface area contributed by atoms with E-state index >= 15 is 0 Å². The molecule has 0 aliphatic heterocycles. The molecule has 2 amide bonds. The fraction of sp³-hybridized carbons (Fsp3) is 0.444. The van der Waals surface area contributed by atoms with E-state index in [1.165, 1.54) is 11.3 Å². The minimum absolute atomic E-state index is 0.220. The first-order valence-electron chi connectivity index (χ1n) is 12.4. The number of carbonyl (C=O) groups excluding carboxylic acids is 2. The summed E-state index contributed by atoms with van der Waals surface area (Å²) in [6.45, 7) is 13.8. The normalized spacial score (nSPS) is 12.9. The van der Waals surface area contributed by atoms with E-state index in [0.717, 1.165) is 11.8 Å². The number of thiophene rings is 1. The molecule has 10 heteroatoms. The molecule has 3 N–H and O–H groups in total. The Labute approximate surface area is 222 Å². The Morgan fingerprint density at radius 2 is 1.68 bits per heavy atom. The summed E-state index contributed by atoms with van der Waals surface area (Å²) in [7, 11) is -2.02. The second-order valence-electron chi connectivity index (χ2n) is 10.2. The average molecular weight is 546 g/mol. The van der Waals surface area contributed by atoms with Gasteiger partial charge < -0.3 is 20.2 Å². The number of anilines is 1. The molecule has 3 aromatic rings. The van der Waals surface area contributed by atoms with Crippen molar-refractivity contribution >= 4 is 46.7 Å². The molecule has 0 fully saturated rings. The molecule has 1 atom stereocenters. The summed E-state index contributed by atoms with van der Waals surface area (Å²) in [4.78, 5) is 28.3. The maximum Gasteiger partial charge on any atom is 0.404 e. The SMILES string of the molecule is CC(C)[Si](OCc1ccc(C(COC(N)=O)C(=O)Nc2cc3c(F)cncc3s2)cc1)(C(C)C)C(C)C. The number of nitrogens with two attached hydrogens (primary N) is 1. The average Bonchev–Trinajstić information content (AvgIpc) is 3.23. The number of aromatic nitrogens is 1. The highest BCUT2D eigenvalue weighted by atomic mass is 32.1. The van der Waals surface area contributed by atoms with Crippen molar-refractivity contribution in [3.05, 3.63) is 59.7 Å². The van der Waals surface area contributed by atoms with Crippen LogP contribution in [0, 0.1) is 5.82 Å². The summed E-state index contributed by atoms with van der Waals surface area (Å²) < 4.78 is 26.3. The van der Waals surface area contributed by atoms with Crippen LogP contribution in [-0.2, 0) is 20.6 Å². The summed E-state index contributed by atoms with van der Waals surface area (Å²) in [6.07, 6.45) is 1.71. The molecule has 1 unspecified atom stereocenters. The number of primary amides is 1. The van der Waals surface area contributed by atoms with Crippen molar-refractivity contribution in [2.45, 2.75) is 70.7 Å². The van der Waals surface area contributed by atoms with Gasteiger partial charge in [0.05, 0.1) is 28.4 Å². The number of benzene rings is 1. The van der Waals surface area contributed by atoms with Gasteiger partial charge in [-0.15, -0.1) is 11.3 Å². The molecule has 0 radical (unpaired) electrons. The summed E-state index contributed by atoms with van der Waals surface area (Å²) in [6, 6.07) is 9.10. The molecule has 0 bridgehead atoms. The Bertz CT molecular complexity index is 1210. The highest BCUT2D eigenvalue weighted by Crippen LogP contribution is 2.42. The Hall–Kier alpha value is -2.82. The van der Waals surface area contributed by atoms with Crippen LogP contribution < -0.4 is 11.1 Å². The number of fused-ring (bicyclic) bond motifs is 1. The van der Waals surface area contributed by atoms with Crippen molar-refractivity contribution < 1.29 is 23.1 Å². The Morgan fingerprint density at radius 1 is 1.05 bits per heavy atom. The minimum atomic E-state index is -2.02. The molecule has 2 aromatic heterocycles. The summed E-state index contributed by atoms with van der Waals surface area (Å²) >= 11 is 1.22. The van der Waals surface area contributed by atoms with Gasteiger partial charge in [0.2, 0.25) is 14.2 Å². The molecule has 0 spiro atoms. The van der Waals surface area contributed by atoms with Crippen LogP contribution in [0.1, 0.15) is 58.6 Å². The zero-order chi connectivity index (χ0) is 27.3. The van der Waals surface area contributed by atoms with Gasteiger partial charge in [0.25, 0.3) is 0 Å². The Kier molecular flexibility index (Phi) is 9.44. The monoisotopic (exact) mass is 545 g/mol. The van der Waals surface area contributed by atoms with E-state index in [1.807, 2.05) is 24.3 Å². The van der Waals surface area contributed by atoms with Crippen LogP contribution in [0.25, 0.3) is 10.1 Å². The first-order chi connectivity index (χ1) is 17.5. The van der Waals surface area contributed by atoms with Gasteiger partial charge in [-0.25, -0.2) is 9.18 Å². The lowest BCUT2D eigenvalue weighted by Crippen LogP contribution is -2.47. The number of pyridine rings is 1. The van der Waals surface area contributed by atoms with Gasteiger partial charge >= 0.3 is 6.09 Å². The number of rotatable bonds is 11. The topological polar surface area (TPSA) is 104 Å². The third kappa shape index (κ3) is 6.55. The number of ether oxygens (including phenoxy) is 1. The first kappa shape index (κ1) is 28.7. The van der Waals surface area contributed by atoms with Crippen molar-refractivity contribution in [2.24, 2.45) is 5.73 Å². The van der Waals surface area contributed by atoms with Crippen LogP contribution in [0.15, 0.2) is 42.7 Å². The molecule has 0 saturated carbocycles. The molecule has 1 aromatic carbocycles. The fourth-order valence-corrected chi connectivity index (χ4v) is 11.6. The molecule has 3 rings (SSSR count). The highest BCUT2D eigenvalue weighted by Gasteiger charge is 2.44. The van der Waals surface area contributed by atoms with Crippen LogP contribution >= 0.6 is 11.3 Å². The lowest BCUT2D eigenvalue weighted by molar-refractivity contribution is -0.118. The van der Waals surface area contributed by atoms with Crippen molar-refractivity contribution in [3.8, 4) is 0 Å². The van der Waals surface area contributed by atoms with Crippen LogP contribution in [0.4, 0.5) is 14.2 Å². The number of hydrogen-bond acceptors (Lipinski definition) is 6. The predicted octanol–water partition coefficient (Wildman–Crippen LogP) is 6.95. The predicted molar refractivity (Wildman–Crippen MR) is 149 cm³/mol. The van der Waals surface area contributed by atoms with Crippen LogP contribution in [0.2, 0.25) is 16.6 Å². The van der Waals surface area contributed by atoms with E-state index in [9.17, 15) is 14.0 Å². The van der Waals surface area contributed by atoms with Gasteiger partial charge in [0.1, 0.15) is 12.4 Å². The van der Waals surface area contributed by atoms with Gasteiger partial charge in [0.15, 0.2) is 0 Å². The maximum absolute atomic E-state index is 14.0.